The van der Waals surface area contributed by atoms with E-state index in [1.54, 1.807) is 0 Å². The predicted molar refractivity (Wildman–Crippen MR) is 74.4 cm³/mol. The standard InChI is InChI=1S/C13H23N3S/c1-2-17-13-6-3-5-12(13)15-7-4-9-16-10-8-14-11-16/h8,10-13,15H,2-7,9H2,1H3/t12-,13+/m0/s1. The molecule has 1 heterocycles. The van der Waals surface area contributed by atoms with E-state index in [0.717, 1.165) is 24.4 Å². The Bertz CT molecular complexity index is 300. The van der Waals surface area contributed by atoms with Crippen molar-refractivity contribution in [3.05, 3.63) is 18.7 Å². The minimum atomic E-state index is 0.753. The molecule has 0 unspecified atom stereocenters. The number of thioether (sulfide) groups is 1. The van der Waals surface area contributed by atoms with Crippen LogP contribution in [0.15, 0.2) is 18.7 Å². The van der Waals surface area contributed by atoms with Crippen molar-refractivity contribution in [2.24, 2.45) is 0 Å². The lowest BCUT2D eigenvalue weighted by atomic mass is 10.2. The van der Waals surface area contributed by atoms with Gasteiger partial charge >= 0.3 is 0 Å². The maximum atomic E-state index is 4.05. The number of aryl methyl sites for hydroxylation is 1. The van der Waals surface area contributed by atoms with Crippen molar-refractivity contribution >= 4 is 11.8 Å². The van der Waals surface area contributed by atoms with Crippen LogP contribution in [0.1, 0.15) is 32.6 Å². The van der Waals surface area contributed by atoms with Crippen LogP contribution in [-0.4, -0.2) is 33.1 Å². The van der Waals surface area contributed by atoms with Gasteiger partial charge < -0.3 is 9.88 Å². The minimum absolute atomic E-state index is 0.753. The Morgan fingerprint density at radius 1 is 1.47 bits per heavy atom. The highest BCUT2D eigenvalue weighted by atomic mass is 32.2. The average Bonchev–Trinajstić information content (AvgIpc) is 2.96. The van der Waals surface area contributed by atoms with Gasteiger partial charge in [0.05, 0.1) is 6.33 Å². The number of nitrogens with zero attached hydrogens (tertiary/aromatic N) is 2. The molecule has 0 spiro atoms. The lowest BCUT2D eigenvalue weighted by Crippen LogP contribution is -2.35. The Morgan fingerprint density at radius 3 is 3.18 bits per heavy atom. The zero-order chi connectivity index (χ0) is 11.9. The third kappa shape index (κ3) is 4.03. The molecule has 1 fully saturated rings. The Labute approximate surface area is 108 Å². The molecular formula is C13H23N3S. The molecule has 17 heavy (non-hydrogen) atoms. The van der Waals surface area contributed by atoms with Crippen LogP contribution in [0.3, 0.4) is 0 Å². The van der Waals surface area contributed by atoms with Crippen molar-refractivity contribution in [2.45, 2.75) is 50.4 Å². The Hall–Kier alpha value is -0.480. The number of hydrogen-bond acceptors (Lipinski definition) is 3. The van der Waals surface area contributed by atoms with E-state index in [4.69, 9.17) is 0 Å². The smallest absolute Gasteiger partial charge is 0.0945 e. The van der Waals surface area contributed by atoms with Crippen LogP contribution in [0.25, 0.3) is 0 Å². The van der Waals surface area contributed by atoms with Crippen molar-refractivity contribution in [1.29, 1.82) is 0 Å². The summed E-state index contributed by atoms with van der Waals surface area (Å²) in [5.41, 5.74) is 0. The number of hydrogen-bond donors (Lipinski definition) is 1. The lowest BCUT2D eigenvalue weighted by Gasteiger charge is -2.20. The molecular weight excluding hydrogens is 230 g/mol. The maximum absolute atomic E-state index is 4.05. The van der Waals surface area contributed by atoms with Gasteiger partial charge in [-0.2, -0.15) is 11.8 Å². The highest BCUT2D eigenvalue weighted by Crippen LogP contribution is 2.29. The van der Waals surface area contributed by atoms with Gasteiger partial charge in [-0.15, -0.1) is 0 Å². The zero-order valence-corrected chi connectivity index (χ0v) is 11.5. The van der Waals surface area contributed by atoms with Gasteiger partial charge in [0.15, 0.2) is 0 Å². The fourth-order valence-electron chi connectivity index (χ4n) is 2.54. The van der Waals surface area contributed by atoms with E-state index in [9.17, 15) is 0 Å². The van der Waals surface area contributed by atoms with Gasteiger partial charge in [-0.25, -0.2) is 4.98 Å². The highest BCUT2D eigenvalue weighted by molar-refractivity contribution is 7.99. The van der Waals surface area contributed by atoms with Crippen LogP contribution in [0.4, 0.5) is 0 Å². The Kier molecular flexibility index (Phi) is 5.39. The maximum Gasteiger partial charge on any atom is 0.0945 e. The zero-order valence-electron chi connectivity index (χ0n) is 10.6. The third-order valence-electron chi connectivity index (χ3n) is 3.39. The average molecular weight is 253 g/mol. The third-order valence-corrected chi connectivity index (χ3v) is 4.72. The second-order valence-electron chi connectivity index (χ2n) is 4.64. The topological polar surface area (TPSA) is 29.9 Å². The first kappa shape index (κ1) is 13.0. The molecule has 3 nitrogen and oxygen atoms in total. The molecule has 1 saturated carbocycles. The molecule has 4 heteroatoms. The van der Waals surface area contributed by atoms with Crippen molar-refractivity contribution in [3.63, 3.8) is 0 Å². The first-order chi connectivity index (χ1) is 8.40. The quantitative estimate of drug-likeness (QED) is 0.757. The van der Waals surface area contributed by atoms with Crippen LogP contribution in [0.2, 0.25) is 0 Å². The molecule has 1 aliphatic rings. The normalized spacial score (nSPS) is 24.3. The number of nitrogens with one attached hydrogen (secondary N) is 1. The second-order valence-corrected chi connectivity index (χ2v) is 6.16. The fraction of sp³-hybridized carbons (Fsp3) is 0.769. The molecule has 1 aliphatic carbocycles. The summed E-state index contributed by atoms with van der Waals surface area (Å²) in [6.07, 6.45) is 11.1. The van der Waals surface area contributed by atoms with E-state index in [0.29, 0.717) is 0 Å². The van der Waals surface area contributed by atoms with Crippen molar-refractivity contribution in [3.8, 4) is 0 Å². The van der Waals surface area contributed by atoms with Crippen LogP contribution >= 0.6 is 11.8 Å². The molecule has 0 saturated heterocycles. The van der Waals surface area contributed by atoms with Gasteiger partial charge in [-0.05, 0) is 31.6 Å². The monoisotopic (exact) mass is 253 g/mol. The van der Waals surface area contributed by atoms with E-state index in [1.165, 1.54) is 31.4 Å². The Morgan fingerprint density at radius 2 is 2.41 bits per heavy atom. The van der Waals surface area contributed by atoms with Crippen LogP contribution in [0, 0.1) is 0 Å². The predicted octanol–water partition coefficient (Wildman–Crippen LogP) is 2.54. The summed E-state index contributed by atoms with van der Waals surface area (Å²) >= 11 is 2.13. The first-order valence-corrected chi connectivity index (χ1v) is 7.75. The van der Waals surface area contributed by atoms with Gasteiger partial charge in [0.2, 0.25) is 0 Å². The molecule has 0 radical (unpaired) electrons. The molecule has 1 aromatic rings. The van der Waals surface area contributed by atoms with Crippen molar-refractivity contribution in [1.82, 2.24) is 14.9 Å². The molecule has 2 rings (SSSR count). The van der Waals surface area contributed by atoms with E-state index < -0.39 is 0 Å². The van der Waals surface area contributed by atoms with Crippen LogP contribution in [0.5, 0.6) is 0 Å². The van der Waals surface area contributed by atoms with Gasteiger partial charge in [0.25, 0.3) is 0 Å². The van der Waals surface area contributed by atoms with E-state index in [-0.39, 0.29) is 0 Å². The number of imidazole rings is 1. The van der Waals surface area contributed by atoms with Gasteiger partial charge in [-0.1, -0.05) is 13.3 Å². The molecule has 1 aromatic heterocycles. The molecule has 96 valence electrons. The SMILES string of the molecule is CCS[C@@H]1CCC[C@@H]1NCCCn1ccnc1. The van der Waals surface area contributed by atoms with Crippen molar-refractivity contribution in [2.75, 3.05) is 12.3 Å². The largest absolute Gasteiger partial charge is 0.337 e. The molecule has 0 amide bonds. The van der Waals surface area contributed by atoms with E-state index in [1.807, 2.05) is 18.7 Å². The summed E-state index contributed by atoms with van der Waals surface area (Å²) in [6, 6.07) is 0.753. The van der Waals surface area contributed by atoms with E-state index in [2.05, 4.69) is 33.6 Å². The summed E-state index contributed by atoms with van der Waals surface area (Å²) in [7, 11) is 0. The van der Waals surface area contributed by atoms with Gasteiger partial charge in [0.1, 0.15) is 0 Å². The number of aromatic nitrogens is 2. The summed E-state index contributed by atoms with van der Waals surface area (Å²) in [6.45, 7) is 4.47. The fourth-order valence-corrected chi connectivity index (χ4v) is 3.77. The van der Waals surface area contributed by atoms with Gasteiger partial charge in [-0.3, -0.25) is 0 Å². The van der Waals surface area contributed by atoms with Crippen molar-refractivity contribution < 1.29 is 0 Å². The molecule has 1 N–H and O–H groups in total. The summed E-state index contributed by atoms with van der Waals surface area (Å²) in [5.74, 6) is 1.25. The molecule has 0 bridgehead atoms. The minimum Gasteiger partial charge on any atom is -0.337 e. The summed E-state index contributed by atoms with van der Waals surface area (Å²) in [4.78, 5) is 4.05. The van der Waals surface area contributed by atoms with Crippen LogP contribution in [-0.2, 0) is 6.54 Å². The summed E-state index contributed by atoms with van der Waals surface area (Å²) in [5, 5.41) is 4.58. The second kappa shape index (κ2) is 7.07. The highest BCUT2D eigenvalue weighted by Gasteiger charge is 2.26. The van der Waals surface area contributed by atoms with E-state index >= 15 is 0 Å². The molecule has 0 aliphatic heterocycles. The molecule has 2 atom stereocenters. The van der Waals surface area contributed by atoms with Gasteiger partial charge in [0, 0.05) is 30.2 Å². The lowest BCUT2D eigenvalue weighted by molar-refractivity contribution is 0.501. The number of rotatable bonds is 7. The Balaban J connectivity index is 1.61. The summed E-state index contributed by atoms with van der Waals surface area (Å²) < 4.78 is 2.15. The molecule has 0 aromatic carbocycles. The van der Waals surface area contributed by atoms with Crippen LogP contribution < -0.4 is 5.32 Å². The first-order valence-electron chi connectivity index (χ1n) is 6.71.